The van der Waals surface area contributed by atoms with Crippen LogP contribution in [0.5, 0.6) is 5.75 Å². The van der Waals surface area contributed by atoms with E-state index in [1.807, 2.05) is 34.1 Å². The lowest BCUT2D eigenvalue weighted by molar-refractivity contribution is -0.152. The number of anilines is 1. The van der Waals surface area contributed by atoms with Crippen molar-refractivity contribution in [2.24, 2.45) is 5.41 Å². The van der Waals surface area contributed by atoms with Crippen molar-refractivity contribution in [1.82, 2.24) is 9.80 Å². The van der Waals surface area contributed by atoms with Crippen molar-refractivity contribution in [3.63, 3.8) is 0 Å². The summed E-state index contributed by atoms with van der Waals surface area (Å²) in [7, 11) is 1.66. The average molecular weight is 373 g/mol. The third-order valence-corrected chi connectivity index (χ3v) is 5.87. The molecule has 2 amide bonds. The molecule has 1 saturated carbocycles. The van der Waals surface area contributed by atoms with E-state index in [4.69, 9.17) is 9.47 Å². The number of ether oxygens (including phenoxy) is 2. The molecule has 0 aromatic heterocycles. The van der Waals surface area contributed by atoms with Crippen LogP contribution in [0.2, 0.25) is 0 Å². The van der Waals surface area contributed by atoms with E-state index >= 15 is 0 Å². The van der Waals surface area contributed by atoms with Crippen LogP contribution in [0.4, 0.5) is 5.69 Å². The topological polar surface area (TPSA) is 62.3 Å². The molecule has 0 radical (unpaired) electrons. The summed E-state index contributed by atoms with van der Waals surface area (Å²) in [6.45, 7) is 5.19. The monoisotopic (exact) mass is 373 g/mol. The summed E-state index contributed by atoms with van der Waals surface area (Å²) < 4.78 is 10.5. The minimum Gasteiger partial charge on any atom is -0.497 e. The zero-order valence-corrected chi connectivity index (χ0v) is 15.9. The second-order valence-corrected chi connectivity index (χ2v) is 7.46. The van der Waals surface area contributed by atoms with Crippen molar-refractivity contribution in [3.05, 3.63) is 24.3 Å². The molecule has 2 saturated heterocycles. The first kappa shape index (κ1) is 18.1. The highest BCUT2D eigenvalue weighted by Gasteiger charge is 2.59. The molecule has 2 aliphatic heterocycles. The zero-order chi connectivity index (χ0) is 18.9. The predicted octanol–water partition coefficient (Wildman–Crippen LogP) is 0.983. The molecule has 2 heterocycles. The number of hydrogen-bond donors (Lipinski definition) is 0. The molecule has 0 unspecified atom stereocenters. The molecule has 27 heavy (non-hydrogen) atoms. The van der Waals surface area contributed by atoms with E-state index in [1.54, 1.807) is 7.11 Å². The lowest BCUT2D eigenvalue weighted by Gasteiger charge is -2.38. The Kier molecular flexibility index (Phi) is 4.95. The first-order valence-corrected chi connectivity index (χ1v) is 9.69. The van der Waals surface area contributed by atoms with Crippen molar-refractivity contribution in [1.29, 1.82) is 0 Å². The van der Waals surface area contributed by atoms with E-state index in [-0.39, 0.29) is 11.8 Å². The van der Waals surface area contributed by atoms with E-state index in [9.17, 15) is 9.59 Å². The highest BCUT2D eigenvalue weighted by Crippen LogP contribution is 2.49. The number of methoxy groups -OCH3 is 1. The van der Waals surface area contributed by atoms with Crippen molar-refractivity contribution < 1.29 is 19.1 Å². The molecular formula is C20H27N3O4. The van der Waals surface area contributed by atoms with Crippen LogP contribution in [-0.2, 0) is 14.3 Å². The third kappa shape index (κ3) is 3.48. The van der Waals surface area contributed by atoms with Crippen molar-refractivity contribution >= 4 is 17.5 Å². The van der Waals surface area contributed by atoms with Gasteiger partial charge in [-0.3, -0.25) is 9.59 Å². The lowest BCUT2D eigenvalue weighted by Crippen LogP contribution is -2.54. The molecule has 1 aliphatic carbocycles. The van der Waals surface area contributed by atoms with Gasteiger partial charge >= 0.3 is 0 Å². The van der Waals surface area contributed by atoms with Gasteiger partial charge in [0.1, 0.15) is 11.2 Å². The highest BCUT2D eigenvalue weighted by atomic mass is 16.5. The SMILES string of the molecule is COc1ccc(N2CCN(C(=O)C3(C(=O)N4CCOCC4)CC3)CC2)cc1. The Balaban J connectivity index is 1.36. The minimum atomic E-state index is -0.792. The van der Waals surface area contributed by atoms with Crippen LogP contribution >= 0.6 is 0 Å². The van der Waals surface area contributed by atoms with Gasteiger partial charge in [-0.15, -0.1) is 0 Å². The van der Waals surface area contributed by atoms with E-state index < -0.39 is 5.41 Å². The quantitative estimate of drug-likeness (QED) is 0.737. The number of nitrogens with zero attached hydrogens (tertiary/aromatic N) is 3. The Morgan fingerprint density at radius 3 is 1.96 bits per heavy atom. The molecule has 0 spiro atoms. The van der Waals surface area contributed by atoms with Gasteiger partial charge in [0.05, 0.1) is 20.3 Å². The summed E-state index contributed by atoms with van der Waals surface area (Å²) in [6, 6.07) is 7.99. The number of rotatable bonds is 4. The second-order valence-electron chi connectivity index (χ2n) is 7.46. The molecule has 4 rings (SSSR count). The highest BCUT2D eigenvalue weighted by molar-refractivity contribution is 6.08. The standard InChI is InChI=1S/C20H27N3O4/c1-26-17-4-2-16(3-5-17)21-8-10-22(11-9-21)18(24)20(6-7-20)19(25)23-12-14-27-15-13-23/h2-5H,6-15H2,1H3. The number of carbonyl (C=O) groups excluding carboxylic acids is 2. The van der Waals surface area contributed by atoms with Gasteiger partial charge in [-0.05, 0) is 37.1 Å². The maximum Gasteiger partial charge on any atom is 0.238 e. The Bertz CT molecular complexity index is 688. The van der Waals surface area contributed by atoms with Crippen LogP contribution in [-0.4, -0.2) is 81.2 Å². The molecule has 0 N–H and O–H groups in total. The summed E-state index contributed by atoms with van der Waals surface area (Å²) >= 11 is 0. The van der Waals surface area contributed by atoms with Crippen LogP contribution in [0.1, 0.15) is 12.8 Å². The number of carbonyl (C=O) groups is 2. The van der Waals surface area contributed by atoms with Gasteiger partial charge in [-0.2, -0.15) is 0 Å². The Hall–Kier alpha value is -2.28. The molecule has 7 heteroatoms. The Morgan fingerprint density at radius 1 is 0.889 bits per heavy atom. The summed E-state index contributed by atoms with van der Waals surface area (Å²) in [5, 5.41) is 0. The van der Waals surface area contributed by atoms with Crippen molar-refractivity contribution in [2.75, 3.05) is 64.5 Å². The number of benzene rings is 1. The van der Waals surface area contributed by atoms with Crippen LogP contribution in [0.15, 0.2) is 24.3 Å². The number of amides is 2. The van der Waals surface area contributed by atoms with Crippen LogP contribution in [0.25, 0.3) is 0 Å². The molecule has 1 aromatic rings. The summed E-state index contributed by atoms with van der Waals surface area (Å²) in [6.07, 6.45) is 1.36. The largest absolute Gasteiger partial charge is 0.497 e. The fourth-order valence-electron chi connectivity index (χ4n) is 3.98. The Morgan fingerprint density at radius 2 is 1.44 bits per heavy atom. The first-order valence-electron chi connectivity index (χ1n) is 9.69. The first-order chi connectivity index (χ1) is 13.1. The van der Waals surface area contributed by atoms with Gasteiger partial charge in [0.25, 0.3) is 0 Å². The van der Waals surface area contributed by atoms with Crippen LogP contribution < -0.4 is 9.64 Å². The molecule has 3 aliphatic rings. The van der Waals surface area contributed by atoms with Gasteiger partial charge in [0, 0.05) is 45.0 Å². The Labute approximate surface area is 159 Å². The molecule has 3 fully saturated rings. The maximum absolute atomic E-state index is 13.1. The average Bonchev–Trinajstić information content (AvgIpc) is 3.55. The summed E-state index contributed by atoms with van der Waals surface area (Å²) in [5.41, 5.74) is 0.341. The van der Waals surface area contributed by atoms with Crippen LogP contribution in [0, 0.1) is 5.41 Å². The normalized spacial score (nSPS) is 21.7. The molecule has 146 valence electrons. The van der Waals surface area contributed by atoms with Gasteiger partial charge in [-0.25, -0.2) is 0 Å². The summed E-state index contributed by atoms with van der Waals surface area (Å²) in [4.78, 5) is 32.0. The smallest absolute Gasteiger partial charge is 0.238 e. The van der Waals surface area contributed by atoms with E-state index in [0.717, 1.165) is 24.5 Å². The van der Waals surface area contributed by atoms with Crippen molar-refractivity contribution in [2.45, 2.75) is 12.8 Å². The predicted molar refractivity (Wildman–Crippen MR) is 101 cm³/mol. The maximum atomic E-state index is 13.1. The molecule has 0 bridgehead atoms. The second kappa shape index (κ2) is 7.38. The molecule has 0 atom stereocenters. The lowest BCUT2D eigenvalue weighted by atomic mass is 10.0. The number of morpholine rings is 1. The third-order valence-electron chi connectivity index (χ3n) is 5.87. The molecule has 7 nitrogen and oxygen atoms in total. The van der Waals surface area contributed by atoms with Gasteiger partial charge in [-0.1, -0.05) is 0 Å². The molecule has 1 aromatic carbocycles. The van der Waals surface area contributed by atoms with Gasteiger partial charge in [0.2, 0.25) is 11.8 Å². The molecular weight excluding hydrogens is 346 g/mol. The minimum absolute atomic E-state index is 0.00776. The summed E-state index contributed by atoms with van der Waals surface area (Å²) in [5.74, 6) is 0.867. The van der Waals surface area contributed by atoms with Gasteiger partial charge < -0.3 is 24.2 Å². The number of hydrogen-bond acceptors (Lipinski definition) is 5. The van der Waals surface area contributed by atoms with Crippen molar-refractivity contribution in [3.8, 4) is 5.75 Å². The fraction of sp³-hybridized carbons (Fsp3) is 0.600. The van der Waals surface area contributed by atoms with Crippen LogP contribution in [0.3, 0.4) is 0 Å². The number of piperazine rings is 1. The fourth-order valence-corrected chi connectivity index (χ4v) is 3.98. The van der Waals surface area contributed by atoms with E-state index in [2.05, 4.69) is 4.90 Å². The van der Waals surface area contributed by atoms with Gasteiger partial charge in [0.15, 0.2) is 0 Å². The van der Waals surface area contributed by atoms with E-state index in [0.29, 0.717) is 52.2 Å². The zero-order valence-electron chi connectivity index (χ0n) is 15.9. The van der Waals surface area contributed by atoms with E-state index in [1.165, 1.54) is 0 Å².